The van der Waals surface area contributed by atoms with Gasteiger partial charge in [-0.2, -0.15) is 13.2 Å². The Kier molecular flexibility index (Phi) is 7.38. The summed E-state index contributed by atoms with van der Waals surface area (Å²) < 4.78 is 97.5. The molecule has 0 atom stereocenters. The molecule has 0 bridgehead atoms. The van der Waals surface area contributed by atoms with Crippen molar-refractivity contribution in [3.63, 3.8) is 0 Å². The molecular formula is C19H16F6N3O5P. The van der Waals surface area contributed by atoms with E-state index in [1.165, 1.54) is 6.08 Å². The molecule has 0 saturated heterocycles. The van der Waals surface area contributed by atoms with Gasteiger partial charge in [0.15, 0.2) is 0 Å². The molecule has 1 amide bonds. The first kappa shape index (κ1) is 25.7. The molecule has 0 aliphatic carbocycles. The number of hydrogen-bond donors (Lipinski definition) is 3. The normalized spacial score (nSPS) is 14.6. The van der Waals surface area contributed by atoms with E-state index >= 15 is 0 Å². The number of nitrogens with zero attached hydrogens (tertiary/aromatic N) is 2. The summed E-state index contributed by atoms with van der Waals surface area (Å²) in [6.45, 7) is -2.02. The Balaban J connectivity index is 1.86. The number of rotatable bonds is 7. The van der Waals surface area contributed by atoms with E-state index in [-0.39, 0.29) is 12.4 Å². The maximum absolute atomic E-state index is 14.2. The number of halogens is 6. The molecule has 2 aromatic carbocycles. The van der Waals surface area contributed by atoms with E-state index < -0.39 is 67.3 Å². The molecule has 0 radical (unpaired) electrons. The third kappa shape index (κ3) is 5.96. The van der Waals surface area contributed by atoms with Gasteiger partial charge in [-0.25, -0.2) is 22.7 Å². The van der Waals surface area contributed by atoms with Crippen LogP contribution in [-0.4, -0.2) is 38.9 Å². The van der Waals surface area contributed by atoms with E-state index in [0.717, 1.165) is 35.3 Å². The molecule has 0 fully saturated rings. The van der Waals surface area contributed by atoms with Gasteiger partial charge in [0.25, 0.3) is 5.91 Å². The lowest BCUT2D eigenvalue weighted by Crippen LogP contribution is -2.42. The zero-order valence-corrected chi connectivity index (χ0v) is 17.8. The minimum atomic E-state index is -5.14. The van der Waals surface area contributed by atoms with Crippen LogP contribution in [0.2, 0.25) is 0 Å². The third-order valence-electron chi connectivity index (χ3n) is 4.62. The number of hydrazine groups is 1. The van der Waals surface area contributed by atoms with Gasteiger partial charge in [0.05, 0.1) is 5.56 Å². The average Bonchev–Trinajstić information content (AvgIpc) is 3.16. The summed E-state index contributed by atoms with van der Waals surface area (Å²) in [5.41, 5.74) is -0.539. The topological polar surface area (TPSA) is 102 Å². The van der Waals surface area contributed by atoms with Crippen LogP contribution in [-0.2, 0) is 21.8 Å². The Bertz CT molecular complexity index is 1150. The standard InChI is InChI=1S/C19H16F6N3O5P/c20-13-4-1-3-12(19(23,24)25)11(13)9-27-8-7-16(26-27)28(10-33-34(30,31)32)18(29)17-14(21)5-2-6-15(17)22/h1-7,26H,8-10H2,(H2,30,31,32). The minimum absolute atomic E-state index is 0.208. The van der Waals surface area contributed by atoms with E-state index in [4.69, 9.17) is 9.79 Å². The molecule has 0 spiro atoms. The number of benzene rings is 2. The number of amides is 1. The van der Waals surface area contributed by atoms with Crippen LogP contribution < -0.4 is 5.43 Å². The summed E-state index contributed by atoms with van der Waals surface area (Å²) in [4.78, 5) is 31.2. The predicted molar refractivity (Wildman–Crippen MR) is 104 cm³/mol. The Morgan fingerprint density at radius 1 is 1.09 bits per heavy atom. The van der Waals surface area contributed by atoms with Crippen molar-refractivity contribution in [1.29, 1.82) is 0 Å². The van der Waals surface area contributed by atoms with E-state index in [9.17, 15) is 35.7 Å². The van der Waals surface area contributed by atoms with Crippen LogP contribution in [0.3, 0.4) is 0 Å². The molecule has 184 valence electrons. The van der Waals surface area contributed by atoms with Crippen LogP contribution in [0.1, 0.15) is 21.5 Å². The molecule has 8 nitrogen and oxygen atoms in total. The molecule has 1 heterocycles. The number of alkyl halides is 3. The van der Waals surface area contributed by atoms with Gasteiger partial charge in [0.1, 0.15) is 35.6 Å². The van der Waals surface area contributed by atoms with Crippen LogP contribution in [0.25, 0.3) is 0 Å². The van der Waals surface area contributed by atoms with Crippen LogP contribution in [0, 0.1) is 17.5 Å². The van der Waals surface area contributed by atoms with Crippen LogP contribution in [0.15, 0.2) is 48.3 Å². The molecule has 3 rings (SSSR count). The van der Waals surface area contributed by atoms with Gasteiger partial charge in [-0.15, -0.1) is 0 Å². The van der Waals surface area contributed by atoms with Gasteiger partial charge < -0.3 is 15.2 Å². The quantitative estimate of drug-likeness (QED) is 0.297. The lowest BCUT2D eigenvalue weighted by molar-refractivity contribution is -0.138. The lowest BCUT2D eigenvalue weighted by atomic mass is 10.1. The Labute approximate surface area is 188 Å². The van der Waals surface area contributed by atoms with E-state index in [1.807, 2.05) is 0 Å². The summed E-state index contributed by atoms with van der Waals surface area (Å²) in [7, 11) is -5.14. The highest BCUT2D eigenvalue weighted by Gasteiger charge is 2.36. The molecule has 1 aliphatic rings. The second-order valence-corrected chi connectivity index (χ2v) is 8.16. The Morgan fingerprint density at radius 2 is 1.68 bits per heavy atom. The first-order valence-corrected chi connectivity index (χ1v) is 10.8. The maximum Gasteiger partial charge on any atom is 0.471 e. The van der Waals surface area contributed by atoms with Crippen molar-refractivity contribution in [2.75, 3.05) is 13.3 Å². The van der Waals surface area contributed by atoms with E-state index in [2.05, 4.69) is 9.95 Å². The Morgan fingerprint density at radius 3 is 2.26 bits per heavy atom. The van der Waals surface area contributed by atoms with Crippen molar-refractivity contribution >= 4 is 13.7 Å². The molecule has 15 heteroatoms. The average molecular weight is 511 g/mol. The molecule has 0 unspecified atom stereocenters. The van der Waals surface area contributed by atoms with E-state index in [1.54, 1.807) is 0 Å². The van der Waals surface area contributed by atoms with Gasteiger partial charge in [0, 0.05) is 18.7 Å². The molecule has 1 aliphatic heterocycles. The number of carbonyl (C=O) groups excluding carboxylic acids is 1. The van der Waals surface area contributed by atoms with Crippen molar-refractivity contribution in [3.05, 3.63) is 82.4 Å². The molecular weight excluding hydrogens is 495 g/mol. The van der Waals surface area contributed by atoms with Crippen molar-refractivity contribution in [2.24, 2.45) is 0 Å². The van der Waals surface area contributed by atoms with Crippen molar-refractivity contribution in [1.82, 2.24) is 15.3 Å². The minimum Gasteiger partial charge on any atom is -0.304 e. The van der Waals surface area contributed by atoms with Crippen molar-refractivity contribution < 1.29 is 50.0 Å². The fourth-order valence-corrected chi connectivity index (χ4v) is 3.37. The van der Waals surface area contributed by atoms with Gasteiger partial charge in [-0.3, -0.25) is 14.2 Å². The smallest absolute Gasteiger partial charge is 0.304 e. The van der Waals surface area contributed by atoms with E-state index in [0.29, 0.717) is 11.0 Å². The fourth-order valence-electron chi connectivity index (χ4n) is 3.11. The third-order valence-corrected chi connectivity index (χ3v) is 5.07. The second kappa shape index (κ2) is 9.76. The summed E-state index contributed by atoms with van der Waals surface area (Å²) in [5.74, 6) is -5.40. The summed E-state index contributed by atoms with van der Waals surface area (Å²) in [6, 6.07) is 4.95. The number of hydrogen-bond acceptors (Lipinski definition) is 5. The second-order valence-electron chi connectivity index (χ2n) is 6.92. The summed E-state index contributed by atoms with van der Waals surface area (Å²) in [5, 5.41) is 1.04. The van der Waals surface area contributed by atoms with Gasteiger partial charge in [0.2, 0.25) is 0 Å². The monoisotopic (exact) mass is 511 g/mol. The lowest BCUT2D eigenvalue weighted by Gasteiger charge is -2.27. The van der Waals surface area contributed by atoms with Crippen LogP contribution in [0.5, 0.6) is 0 Å². The van der Waals surface area contributed by atoms with Crippen LogP contribution >= 0.6 is 7.82 Å². The summed E-state index contributed by atoms with van der Waals surface area (Å²) in [6.07, 6.45) is -3.68. The molecule has 0 aromatic heterocycles. The SMILES string of the molecule is O=C(c1c(F)cccc1F)N(COP(=O)(O)O)C1=CCN(Cc2c(F)cccc2C(F)(F)F)N1. The van der Waals surface area contributed by atoms with Gasteiger partial charge in [-0.1, -0.05) is 12.1 Å². The zero-order chi connectivity index (χ0) is 25.3. The predicted octanol–water partition coefficient (Wildman–Crippen LogP) is 3.49. The molecule has 34 heavy (non-hydrogen) atoms. The highest BCUT2D eigenvalue weighted by Crippen LogP contribution is 2.37. The zero-order valence-electron chi connectivity index (χ0n) is 16.9. The molecule has 0 saturated carbocycles. The summed E-state index contributed by atoms with van der Waals surface area (Å²) >= 11 is 0. The maximum atomic E-state index is 14.2. The molecule has 3 N–H and O–H groups in total. The highest BCUT2D eigenvalue weighted by atomic mass is 31.2. The number of phosphoric ester groups is 1. The number of carbonyl (C=O) groups is 1. The Hall–Kier alpha value is -2.90. The van der Waals surface area contributed by atoms with Gasteiger partial charge in [-0.05, 0) is 30.3 Å². The van der Waals surface area contributed by atoms with Crippen LogP contribution in [0.4, 0.5) is 26.3 Å². The van der Waals surface area contributed by atoms with Crippen molar-refractivity contribution in [3.8, 4) is 0 Å². The first-order valence-electron chi connectivity index (χ1n) is 9.30. The largest absolute Gasteiger partial charge is 0.471 e. The fraction of sp³-hybridized carbons (Fsp3) is 0.211. The van der Waals surface area contributed by atoms with Gasteiger partial charge >= 0.3 is 14.0 Å². The number of nitrogens with one attached hydrogen (secondary N) is 1. The molecule has 2 aromatic rings. The van der Waals surface area contributed by atoms with Crippen molar-refractivity contribution in [2.45, 2.75) is 12.7 Å². The first-order chi connectivity index (χ1) is 15.8. The highest BCUT2D eigenvalue weighted by molar-refractivity contribution is 7.46. The number of phosphoric acid groups is 1.